The quantitative estimate of drug-likeness (QED) is 0.233. The molecule has 1 fully saturated rings. The summed E-state index contributed by atoms with van der Waals surface area (Å²) in [4.78, 5) is 15.7. The maximum Gasteiger partial charge on any atom is 0.250 e. The van der Waals surface area contributed by atoms with Crippen molar-refractivity contribution in [1.29, 1.82) is 0 Å². The molecule has 172 valence electrons. The average Bonchev–Trinajstić information content (AvgIpc) is 3.54. The normalized spacial score (nSPS) is 13.5. The van der Waals surface area contributed by atoms with E-state index in [-0.39, 0.29) is 0 Å². The van der Waals surface area contributed by atoms with Crippen molar-refractivity contribution in [3.63, 3.8) is 0 Å². The summed E-state index contributed by atoms with van der Waals surface area (Å²) in [5.74, 6) is 2.52. The Labute approximate surface area is 206 Å². The lowest BCUT2D eigenvalue weighted by Gasteiger charge is -2.16. The lowest BCUT2D eigenvalue weighted by molar-refractivity contribution is 0.575. The molecule has 5 rings (SSSR count). The highest BCUT2D eigenvalue weighted by molar-refractivity contribution is 6.35. The third-order valence-electron chi connectivity index (χ3n) is 5.22. The molecule has 0 unspecified atom stereocenters. The molecule has 1 saturated heterocycles. The Bertz CT molecular complexity index is 1300. The molecule has 2 aromatic carbocycles. The van der Waals surface area contributed by atoms with Crippen LogP contribution in [0.4, 0.5) is 23.5 Å². The molecule has 0 saturated carbocycles. The van der Waals surface area contributed by atoms with E-state index in [9.17, 15) is 0 Å². The maximum absolute atomic E-state index is 6.27. The van der Waals surface area contributed by atoms with Gasteiger partial charge in [0, 0.05) is 29.4 Å². The smallest absolute Gasteiger partial charge is 0.250 e. The summed E-state index contributed by atoms with van der Waals surface area (Å²) in [5.41, 5.74) is 4.49. The number of hydrazone groups is 1. The summed E-state index contributed by atoms with van der Waals surface area (Å²) in [6.07, 6.45) is 3.78. The van der Waals surface area contributed by atoms with Crippen molar-refractivity contribution in [1.82, 2.24) is 15.0 Å². The number of hydrogen-bond donors (Lipinski definition) is 2. The Balaban J connectivity index is 1.34. The van der Waals surface area contributed by atoms with E-state index in [0.29, 0.717) is 45.0 Å². The zero-order valence-electron chi connectivity index (χ0n) is 18.1. The molecule has 0 atom stereocenters. The Morgan fingerprint density at radius 3 is 2.53 bits per heavy atom. The molecule has 10 heteroatoms. The molecule has 4 aromatic rings. The molecule has 3 heterocycles. The van der Waals surface area contributed by atoms with Crippen LogP contribution in [0.1, 0.15) is 18.6 Å². The zero-order chi connectivity index (χ0) is 23.3. The highest BCUT2D eigenvalue weighted by atomic mass is 35.5. The predicted molar refractivity (Wildman–Crippen MR) is 136 cm³/mol. The molecule has 0 radical (unpaired) electrons. The number of furan rings is 1. The zero-order valence-corrected chi connectivity index (χ0v) is 19.6. The van der Waals surface area contributed by atoms with Crippen LogP contribution in [0.5, 0.6) is 0 Å². The van der Waals surface area contributed by atoms with E-state index in [4.69, 9.17) is 27.6 Å². The van der Waals surface area contributed by atoms with E-state index < -0.39 is 0 Å². The number of benzene rings is 2. The summed E-state index contributed by atoms with van der Waals surface area (Å²) in [5, 5.41) is 8.61. The van der Waals surface area contributed by atoms with Gasteiger partial charge in [0.05, 0.1) is 11.2 Å². The van der Waals surface area contributed by atoms with Crippen LogP contribution in [-0.2, 0) is 0 Å². The van der Waals surface area contributed by atoms with Gasteiger partial charge in [-0.3, -0.25) is 0 Å². The Morgan fingerprint density at radius 2 is 1.71 bits per heavy atom. The SMILES string of the molecule is Clc1ccc(Cl)c(-c2ccc(/C=N\Nc3nc(Nc4ccccc4)nc(N4CCCC4)n3)o2)c1. The fraction of sp³-hybridized carbons (Fsp3) is 0.167. The standard InChI is InChI=1S/C24H21Cl2N7O/c25-16-8-10-20(26)19(14-16)21-11-9-18(34-21)15-27-32-23-29-22(28-17-6-2-1-3-7-17)30-24(31-23)33-12-4-5-13-33/h1-3,6-11,14-15H,4-5,12-13H2,(H2,28,29,30,31,32)/b27-15-. The second-order valence-corrected chi connectivity index (χ2v) is 8.51. The fourth-order valence-corrected chi connectivity index (χ4v) is 3.97. The molecule has 2 N–H and O–H groups in total. The molecule has 0 aliphatic carbocycles. The molecule has 2 aromatic heterocycles. The van der Waals surface area contributed by atoms with Gasteiger partial charge < -0.3 is 14.6 Å². The second kappa shape index (κ2) is 10.1. The van der Waals surface area contributed by atoms with Gasteiger partial charge in [-0.2, -0.15) is 20.1 Å². The van der Waals surface area contributed by atoms with Crippen LogP contribution in [-0.4, -0.2) is 34.3 Å². The van der Waals surface area contributed by atoms with Crippen LogP contribution >= 0.6 is 23.2 Å². The van der Waals surface area contributed by atoms with Crippen molar-refractivity contribution < 1.29 is 4.42 Å². The van der Waals surface area contributed by atoms with Gasteiger partial charge in [0.15, 0.2) is 0 Å². The molecule has 8 nitrogen and oxygen atoms in total. The van der Waals surface area contributed by atoms with E-state index in [1.54, 1.807) is 30.5 Å². The van der Waals surface area contributed by atoms with E-state index in [1.165, 1.54) is 0 Å². The number of nitrogens with zero attached hydrogens (tertiary/aromatic N) is 5. The number of hydrogen-bond acceptors (Lipinski definition) is 8. The monoisotopic (exact) mass is 493 g/mol. The molecule has 0 amide bonds. The van der Waals surface area contributed by atoms with Gasteiger partial charge in [0.1, 0.15) is 11.5 Å². The van der Waals surface area contributed by atoms with Crippen molar-refractivity contribution >= 4 is 52.9 Å². The van der Waals surface area contributed by atoms with Crippen LogP contribution in [0.3, 0.4) is 0 Å². The van der Waals surface area contributed by atoms with Crippen molar-refractivity contribution in [3.8, 4) is 11.3 Å². The number of halogens is 2. The van der Waals surface area contributed by atoms with E-state index in [1.807, 2.05) is 36.4 Å². The number of nitrogens with one attached hydrogen (secondary N) is 2. The van der Waals surface area contributed by atoms with Gasteiger partial charge in [-0.15, -0.1) is 0 Å². The number of aromatic nitrogens is 3. The first kappa shape index (κ1) is 22.2. The van der Waals surface area contributed by atoms with Crippen LogP contribution in [0.25, 0.3) is 11.3 Å². The lowest BCUT2D eigenvalue weighted by Crippen LogP contribution is -2.21. The topological polar surface area (TPSA) is 91.5 Å². The van der Waals surface area contributed by atoms with Gasteiger partial charge in [-0.1, -0.05) is 41.4 Å². The van der Waals surface area contributed by atoms with Crippen LogP contribution in [0.2, 0.25) is 10.0 Å². The lowest BCUT2D eigenvalue weighted by atomic mass is 10.2. The summed E-state index contributed by atoms with van der Waals surface area (Å²) in [6.45, 7) is 1.83. The van der Waals surface area contributed by atoms with E-state index >= 15 is 0 Å². The first-order valence-corrected chi connectivity index (χ1v) is 11.6. The van der Waals surface area contributed by atoms with Gasteiger partial charge in [-0.25, -0.2) is 5.43 Å². The summed E-state index contributed by atoms with van der Waals surface area (Å²) >= 11 is 12.4. The molecular formula is C24H21Cl2N7O. The minimum absolute atomic E-state index is 0.330. The molecule has 0 bridgehead atoms. The molecule has 1 aliphatic rings. The van der Waals surface area contributed by atoms with Crippen LogP contribution < -0.4 is 15.6 Å². The molecule has 34 heavy (non-hydrogen) atoms. The van der Waals surface area contributed by atoms with Crippen molar-refractivity contribution in [2.45, 2.75) is 12.8 Å². The first-order chi connectivity index (χ1) is 16.6. The average molecular weight is 494 g/mol. The summed E-state index contributed by atoms with van der Waals surface area (Å²) in [7, 11) is 0. The molecule has 1 aliphatic heterocycles. The highest BCUT2D eigenvalue weighted by Gasteiger charge is 2.17. The van der Waals surface area contributed by atoms with Crippen LogP contribution in [0.15, 0.2) is 70.2 Å². The number of rotatable bonds is 7. The van der Waals surface area contributed by atoms with Gasteiger partial charge >= 0.3 is 0 Å². The van der Waals surface area contributed by atoms with Crippen molar-refractivity contribution in [2.75, 3.05) is 28.7 Å². The number of anilines is 4. The third-order valence-corrected chi connectivity index (χ3v) is 5.78. The van der Waals surface area contributed by atoms with Gasteiger partial charge in [-0.05, 0) is 55.3 Å². The Kier molecular flexibility index (Phi) is 6.60. The maximum atomic E-state index is 6.27. The fourth-order valence-electron chi connectivity index (χ4n) is 3.59. The van der Waals surface area contributed by atoms with Gasteiger partial charge in [0.2, 0.25) is 17.8 Å². The van der Waals surface area contributed by atoms with E-state index in [2.05, 4.69) is 35.7 Å². The van der Waals surface area contributed by atoms with E-state index in [0.717, 1.165) is 31.6 Å². The third kappa shape index (κ3) is 5.30. The minimum Gasteiger partial charge on any atom is -0.455 e. The Hall–Kier alpha value is -3.62. The first-order valence-electron chi connectivity index (χ1n) is 10.8. The second-order valence-electron chi connectivity index (χ2n) is 7.66. The summed E-state index contributed by atoms with van der Waals surface area (Å²) < 4.78 is 5.85. The molecular weight excluding hydrogens is 473 g/mol. The predicted octanol–water partition coefficient (Wildman–Crippen LogP) is 6.23. The number of para-hydroxylation sites is 1. The highest BCUT2D eigenvalue weighted by Crippen LogP contribution is 2.31. The van der Waals surface area contributed by atoms with Gasteiger partial charge in [0.25, 0.3) is 0 Å². The Morgan fingerprint density at radius 1 is 0.912 bits per heavy atom. The summed E-state index contributed by atoms with van der Waals surface area (Å²) in [6, 6.07) is 18.6. The minimum atomic E-state index is 0.330. The largest absolute Gasteiger partial charge is 0.455 e. The molecule has 0 spiro atoms. The van der Waals surface area contributed by atoms with Crippen molar-refractivity contribution in [2.24, 2.45) is 5.10 Å². The van der Waals surface area contributed by atoms with Crippen molar-refractivity contribution in [3.05, 3.63) is 76.5 Å². The van der Waals surface area contributed by atoms with Crippen LogP contribution in [0, 0.1) is 0 Å².